The Balaban J connectivity index is 1.47. The maximum atomic E-state index is 12.3. The van der Waals surface area contributed by atoms with Crippen LogP contribution in [0, 0.1) is 0 Å². The van der Waals surface area contributed by atoms with Crippen molar-refractivity contribution in [1.29, 1.82) is 0 Å². The number of anilines is 1. The summed E-state index contributed by atoms with van der Waals surface area (Å²) in [4.78, 5) is 12.3. The van der Waals surface area contributed by atoms with E-state index >= 15 is 0 Å². The first kappa shape index (κ1) is 18.7. The van der Waals surface area contributed by atoms with Gasteiger partial charge in [-0.1, -0.05) is 44.2 Å². The van der Waals surface area contributed by atoms with Gasteiger partial charge in [0.1, 0.15) is 5.75 Å². The van der Waals surface area contributed by atoms with Crippen molar-refractivity contribution in [2.24, 2.45) is 0 Å². The maximum Gasteiger partial charge on any atom is 0.224 e. The van der Waals surface area contributed by atoms with Gasteiger partial charge in [-0.2, -0.15) is 5.10 Å². The Morgan fingerprint density at radius 3 is 2.63 bits per heavy atom. The van der Waals surface area contributed by atoms with Crippen molar-refractivity contribution in [3.63, 3.8) is 0 Å². The molecule has 0 bridgehead atoms. The van der Waals surface area contributed by atoms with Crippen LogP contribution in [-0.2, 0) is 4.79 Å². The van der Waals surface area contributed by atoms with E-state index < -0.39 is 0 Å². The van der Waals surface area contributed by atoms with E-state index in [0.29, 0.717) is 25.4 Å². The Morgan fingerprint density at radius 1 is 1.15 bits per heavy atom. The summed E-state index contributed by atoms with van der Waals surface area (Å²) in [7, 11) is 0. The highest BCUT2D eigenvalue weighted by Crippen LogP contribution is 2.27. The molecule has 0 aliphatic carbocycles. The van der Waals surface area contributed by atoms with E-state index in [2.05, 4.69) is 41.5 Å². The van der Waals surface area contributed by atoms with Crippen molar-refractivity contribution in [3.05, 3.63) is 66.5 Å². The van der Waals surface area contributed by atoms with Crippen molar-refractivity contribution in [1.82, 2.24) is 10.2 Å². The van der Waals surface area contributed by atoms with Crippen LogP contribution >= 0.6 is 0 Å². The number of carbonyl (C=O) groups excluding carboxylic acids is 1. The molecule has 3 rings (SSSR count). The van der Waals surface area contributed by atoms with Crippen LogP contribution in [0.5, 0.6) is 5.75 Å². The number of carbonyl (C=O) groups is 1. The molecular formula is C22H25N3O2. The Hall–Kier alpha value is -3.08. The molecule has 0 unspecified atom stereocenters. The number of aromatic nitrogens is 2. The van der Waals surface area contributed by atoms with E-state index in [0.717, 1.165) is 22.6 Å². The van der Waals surface area contributed by atoms with Crippen LogP contribution in [-0.4, -0.2) is 22.7 Å². The summed E-state index contributed by atoms with van der Waals surface area (Å²) in [5.74, 6) is 1.32. The lowest BCUT2D eigenvalue weighted by Gasteiger charge is -2.11. The van der Waals surface area contributed by atoms with Crippen molar-refractivity contribution in [2.45, 2.75) is 32.6 Å². The lowest BCUT2D eigenvalue weighted by atomic mass is 10.0. The lowest BCUT2D eigenvalue weighted by molar-refractivity contribution is -0.116. The molecule has 5 heteroatoms. The number of nitrogens with one attached hydrogen (secondary N) is 2. The van der Waals surface area contributed by atoms with Gasteiger partial charge in [0.2, 0.25) is 5.91 Å². The predicted octanol–water partition coefficient (Wildman–Crippen LogP) is 5.00. The zero-order valence-electron chi connectivity index (χ0n) is 15.7. The molecule has 0 spiro atoms. The number of ether oxygens (including phenoxy) is 1. The molecule has 27 heavy (non-hydrogen) atoms. The summed E-state index contributed by atoms with van der Waals surface area (Å²) < 4.78 is 5.73. The van der Waals surface area contributed by atoms with Crippen molar-refractivity contribution < 1.29 is 9.53 Å². The van der Waals surface area contributed by atoms with E-state index in [4.69, 9.17) is 4.74 Å². The second-order valence-electron chi connectivity index (χ2n) is 6.76. The molecular weight excluding hydrogens is 338 g/mol. The van der Waals surface area contributed by atoms with Crippen LogP contribution in [0.1, 0.15) is 38.2 Å². The molecule has 0 radical (unpaired) electrons. The molecule has 0 saturated heterocycles. The van der Waals surface area contributed by atoms with Crippen LogP contribution in [0.3, 0.4) is 0 Å². The molecule has 0 aliphatic heterocycles. The molecule has 3 aromatic rings. The fourth-order valence-corrected chi connectivity index (χ4v) is 2.83. The average molecular weight is 363 g/mol. The molecule has 5 nitrogen and oxygen atoms in total. The van der Waals surface area contributed by atoms with Gasteiger partial charge in [0.15, 0.2) is 0 Å². The Bertz CT molecular complexity index is 856. The van der Waals surface area contributed by atoms with Crippen molar-refractivity contribution >= 4 is 11.6 Å². The molecule has 2 aromatic carbocycles. The van der Waals surface area contributed by atoms with Crippen LogP contribution in [0.4, 0.5) is 5.69 Å². The first-order chi connectivity index (χ1) is 13.1. The molecule has 1 aromatic heterocycles. The monoisotopic (exact) mass is 363 g/mol. The number of nitrogens with zero attached hydrogens (tertiary/aromatic N) is 1. The second-order valence-corrected chi connectivity index (χ2v) is 6.76. The standard InChI is InChI=1S/C22H25N3O2/c1-16(2)17-9-11-19(12-10-17)27-13-5-8-22(26)25-21-7-4-3-6-20(21)18-14-23-24-15-18/h3-4,6-7,9-12,14-16H,5,8,13H2,1-2H3,(H,23,24)(H,25,26). The number of rotatable bonds is 8. The van der Waals surface area contributed by atoms with Gasteiger partial charge in [-0.25, -0.2) is 0 Å². The summed E-state index contributed by atoms with van der Waals surface area (Å²) in [5, 5.41) is 9.75. The minimum absolute atomic E-state index is 0.0234. The smallest absolute Gasteiger partial charge is 0.224 e. The fraction of sp³-hybridized carbons (Fsp3) is 0.273. The van der Waals surface area contributed by atoms with Crippen molar-refractivity contribution in [2.75, 3.05) is 11.9 Å². The first-order valence-electron chi connectivity index (χ1n) is 9.24. The predicted molar refractivity (Wildman–Crippen MR) is 108 cm³/mol. The molecule has 0 saturated carbocycles. The quantitative estimate of drug-likeness (QED) is 0.554. The number of para-hydroxylation sites is 1. The molecule has 140 valence electrons. The summed E-state index contributed by atoms with van der Waals surface area (Å²) in [6.07, 6.45) is 4.61. The third-order valence-electron chi connectivity index (χ3n) is 4.37. The number of amides is 1. The van der Waals surface area contributed by atoms with E-state index in [-0.39, 0.29) is 5.91 Å². The van der Waals surface area contributed by atoms with Crippen LogP contribution in [0.25, 0.3) is 11.1 Å². The Labute approximate surface area is 159 Å². The minimum Gasteiger partial charge on any atom is -0.494 e. The van der Waals surface area contributed by atoms with E-state index in [9.17, 15) is 4.79 Å². The average Bonchev–Trinajstić information content (AvgIpc) is 3.20. The number of aromatic amines is 1. The molecule has 1 amide bonds. The van der Waals surface area contributed by atoms with E-state index in [1.54, 1.807) is 6.20 Å². The topological polar surface area (TPSA) is 67.0 Å². The molecule has 0 atom stereocenters. The highest BCUT2D eigenvalue weighted by Gasteiger charge is 2.09. The highest BCUT2D eigenvalue weighted by atomic mass is 16.5. The van der Waals surface area contributed by atoms with Gasteiger partial charge in [-0.05, 0) is 36.1 Å². The van der Waals surface area contributed by atoms with Gasteiger partial charge in [0.25, 0.3) is 0 Å². The van der Waals surface area contributed by atoms with E-state index in [1.807, 2.05) is 42.6 Å². The molecule has 2 N–H and O–H groups in total. The van der Waals surface area contributed by atoms with Gasteiger partial charge in [0, 0.05) is 29.4 Å². The SMILES string of the molecule is CC(C)c1ccc(OCCCC(=O)Nc2ccccc2-c2cn[nH]c2)cc1. The summed E-state index contributed by atoms with van der Waals surface area (Å²) in [6.45, 7) is 4.84. The molecule has 1 heterocycles. The van der Waals surface area contributed by atoms with Crippen molar-refractivity contribution in [3.8, 4) is 16.9 Å². The first-order valence-corrected chi connectivity index (χ1v) is 9.24. The second kappa shape index (κ2) is 9.03. The highest BCUT2D eigenvalue weighted by molar-refractivity contribution is 5.95. The third-order valence-corrected chi connectivity index (χ3v) is 4.37. The van der Waals surface area contributed by atoms with Gasteiger partial charge >= 0.3 is 0 Å². The van der Waals surface area contributed by atoms with Gasteiger partial charge in [-0.15, -0.1) is 0 Å². The molecule has 0 aliphatic rings. The normalized spacial score (nSPS) is 10.8. The number of hydrogen-bond donors (Lipinski definition) is 2. The summed E-state index contributed by atoms with van der Waals surface area (Å²) in [5.41, 5.74) is 3.97. The Kier molecular flexibility index (Phi) is 6.26. The van der Waals surface area contributed by atoms with Crippen LogP contribution in [0.15, 0.2) is 60.9 Å². The van der Waals surface area contributed by atoms with Gasteiger partial charge < -0.3 is 10.1 Å². The summed E-state index contributed by atoms with van der Waals surface area (Å²) >= 11 is 0. The zero-order valence-corrected chi connectivity index (χ0v) is 15.7. The van der Waals surface area contributed by atoms with Gasteiger partial charge in [-0.3, -0.25) is 9.89 Å². The van der Waals surface area contributed by atoms with Gasteiger partial charge in [0.05, 0.1) is 12.8 Å². The lowest BCUT2D eigenvalue weighted by Crippen LogP contribution is -2.13. The van der Waals surface area contributed by atoms with Crippen LogP contribution < -0.4 is 10.1 Å². The molecule has 0 fully saturated rings. The number of H-pyrrole nitrogens is 1. The summed E-state index contributed by atoms with van der Waals surface area (Å²) in [6, 6.07) is 15.8. The third kappa shape index (κ3) is 5.20. The minimum atomic E-state index is -0.0234. The number of benzene rings is 2. The Morgan fingerprint density at radius 2 is 1.93 bits per heavy atom. The van der Waals surface area contributed by atoms with E-state index in [1.165, 1.54) is 5.56 Å². The van der Waals surface area contributed by atoms with Crippen LogP contribution in [0.2, 0.25) is 0 Å². The largest absolute Gasteiger partial charge is 0.494 e. The zero-order chi connectivity index (χ0) is 19.1. The fourth-order valence-electron chi connectivity index (χ4n) is 2.83. The maximum absolute atomic E-state index is 12.3. The number of hydrogen-bond acceptors (Lipinski definition) is 3.